The van der Waals surface area contributed by atoms with Crippen LogP contribution in [0.5, 0.6) is 5.75 Å². The predicted molar refractivity (Wildman–Crippen MR) is 81.1 cm³/mol. The van der Waals surface area contributed by atoms with Gasteiger partial charge >= 0.3 is 0 Å². The van der Waals surface area contributed by atoms with Crippen molar-refractivity contribution < 1.29 is 9.53 Å². The first-order valence-corrected chi connectivity index (χ1v) is 7.30. The van der Waals surface area contributed by atoms with Crippen molar-refractivity contribution >= 4 is 11.6 Å². The maximum Gasteiger partial charge on any atom is 0.244 e. The van der Waals surface area contributed by atoms with E-state index in [-0.39, 0.29) is 11.9 Å². The quantitative estimate of drug-likeness (QED) is 0.919. The predicted octanol–water partition coefficient (Wildman–Crippen LogP) is 2.75. The molecule has 1 amide bonds. The number of rotatable bonds is 4. The fourth-order valence-corrected chi connectivity index (χ4v) is 2.56. The number of likely N-dealkylation sites (tertiary alicyclic amines) is 1. The number of nitrogens with one attached hydrogen (secondary N) is 1. The van der Waals surface area contributed by atoms with Gasteiger partial charge in [0, 0.05) is 13.1 Å². The molecular formula is C16H24N2O2. The normalized spacial score (nSPS) is 17.6. The summed E-state index contributed by atoms with van der Waals surface area (Å²) in [7, 11) is 1.64. The lowest BCUT2D eigenvalue weighted by molar-refractivity contribution is -0.132. The highest BCUT2D eigenvalue weighted by Crippen LogP contribution is 2.24. The Labute approximate surface area is 121 Å². The maximum atomic E-state index is 12.4. The number of nitrogens with zero attached hydrogens (tertiary/aromatic N) is 1. The van der Waals surface area contributed by atoms with Crippen LogP contribution in [0.4, 0.5) is 5.69 Å². The van der Waals surface area contributed by atoms with Crippen molar-refractivity contribution in [3.8, 4) is 5.75 Å². The van der Waals surface area contributed by atoms with Crippen LogP contribution in [-0.4, -0.2) is 37.0 Å². The molecule has 0 saturated carbocycles. The molecular weight excluding hydrogens is 252 g/mol. The van der Waals surface area contributed by atoms with Crippen LogP contribution in [0.2, 0.25) is 0 Å². The van der Waals surface area contributed by atoms with Crippen molar-refractivity contribution in [1.82, 2.24) is 4.90 Å². The standard InChI is InChI=1S/C16H24N2O2/c1-12-8-10-18(11-9-12)16(19)13(2)17-14-6-4-5-7-15(14)20-3/h4-7,12-13,17H,8-11H2,1-3H3. The lowest BCUT2D eigenvalue weighted by Crippen LogP contribution is -2.45. The van der Waals surface area contributed by atoms with Gasteiger partial charge in [-0.2, -0.15) is 0 Å². The van der Waals surface area contributed by atoms with Crippen LogP contribution in [0.25, 0.3) is 0 Å². The Hall–Kier alpha value is -1.71. The molecule has 1 N–H and O–H groups in total. The minimum Gasteiger partial charge on any atom is -0.495 e. The van der Waals surface area contributed by atoms with Crippen LogP contribution >= 0.6 is 0 Å². The number of carbonyl (C=O) groups excluding carboxylic acids is 1. The Morgan fingerprint density at radius 3 is 2.65 bits per heavy atom. The van der Waals surface area contributed by atoms with Crippen LogP contribution in [-0.2, 0) is 4.79 Å². The molecule has 4 nitrogen and oxygen atoms in total. The van der Waals surface area contributed by atoms with Crippen molar-refractivity contribution in [2.45, 2.75) is 32.7 Å². The molecule has 1 aliphatic heterocycles. The van der Waals surface area contributed by atoms with Crippen molar-refractivity contribution in [3.05, 3.63) is 24.3 Å². The zero-order valence-corrected chi connectivity index (χ0v) is 12.6. The number of hydrogen-bond acceptors (Lipinski definition) is 3. The van der Waals surface area contributed by atoms with Crippen LogP contribution in [0, 0.1) is 5.92 Å². The highest BCUT2D eigenvalue weighted by atomic mass is 16.5. The summed E-state index contributed by atoms with van der Waals surface area (Å²) in [6.45, 7) is 5.90. The molecule has 110 valence electrons. The average Bonchev–Trinajstić information content (AvgIpc) is 2.48. The third-order valence-corrected chi connectivity index (χ3v) is 3.94. The van der Waals surface area contributed by atoms with Gasteiger partial charge in [-0.15, -0.1) is 0 Å². The van der Waals surface area contributed by atoms with Crippen LogP contribution in [0.15, 0.2) is 24.3 Å². The molecule has 0 radical (unpaired) electrons. The van der Waals surface area contributed by atoms with Gasteiger partial charge in [0.05, 0.1) is 12.8 Å². The lowest BCUT2D eigenvalue weighted by atomic mass is 9.99. The number of benzene rings is 1. The van der Waals surface area contributed by atoms with Gasteiger partial charge in [-0.25, -0.2) is 0 Å². The summed E-state index contributed by atoms with van der Waals surface area (Å²) in [5.74, 6) is 1.67. The van der Waals surface area contributed by atoms with Gasteiger partial charge in [0.15, 0.2) is 0 Å². The molecule has 1 atom stereocenters. The monoisotopic (exact) mass is 276 g/mol. The van der Waals surface area contributed by atoms with E-state index in [4.69, 9.17) is 4.74 Å². The van der Waals surface area contributed by atoms with E-state index in [1.165, 1.54) is 0 Å². The summed E-state index contributed by atoms with van der Waals surface area (Å²) in [6, 6.07) is 7.44. The highest BCUT2D eigenvalue weighted by molar-refractivity contribution is 5.84. The molecule has 4 heteroatoms. The summed E-state index contributed by atoms with van der Waals surface area (Å²) in [4.78, 5) is 14.4. The number of amides is 1. The third-order valence-electron chi connectivity index (χ3n) is 3.94. The molecule has 1 saturated heterocycles. The van der Waals surface area contributed by atoms with Crippen molar-refractivity contribution in [2.24, 2.45) is 5.92 Å². The number of ether oxygens (including phenoxy) is 1. The second-order valence-electron chi connectivity index (χ2n) is 5.57. The largest absolute Gasteiger partial charge is 0.495 e. The van der Waals surface area contributed by atoms with E-state index in [1.54, 1.807) is 7.11 Å². The van der Waals surface area contributed by atoms with E-state index < -0.39 is 0 Å². The van der Waals surface area contributed by atoms with E-state index in [0.29, 0.717) is 0 Å². The Morgan fingerprint density at radius 2 is 2.00 bits per heavy atom. The lowest BCUT2D eigenvalue weighted by Gasteiger charge is -2.32. The molecule has 0 aliphatic carbocycles. The van der Waals surface area contributed by atoms with Gasteiger partial charge in [-0.05, 0) is 37.8 Å². The molecule has 0 aromatic heterocycles. The number of methoxy groups -OCH3 is 1. The SMILES string of the molecule is COc1ccccc1NC(C)C(=O)N1CCC(C)CC1. The maximum absolute atomic E-state index is 12.4. The zero-order chi connectivity index (χ0) is 14.5. The fraction of sp³-hybridized carbons (Fsp3) is 0.562. The summed E-state index contributed by atoms with van der Waals surface area (Å²) in [5, 5.41) is 3.25. The Kier molecular flexibility index (Phi) is 4.88. The number of anilines is 1. The van der Waals surface area contributed by atoms with Crippen LogP contribution in [0.1, 0.15) is 26.7 Å². The number of carbonyl (C=O) groups is 1. The van der Waals surface area contributed by atoms with Gasteiger partial charge < -0.3 is 15.0 Å². The van der Waals surface area contributed by atoms with Crippen molar-refractivity contribution in [3.63, 3.8) is 0 Å². The van der Waals surface area contributed by atoms with Crippen molar-refractivity contribution in [1.29, 1.82) is 0 Å². The summed E-state index contributed by atoms with van der Waals surface area (Å²) in [5.41, 5.74) is 0.862. The average molecular weight is 276 g/mol. The van der Waals surface area contributed by atoms with Crippen molar-refractivity contribution in [2.75, 3.05) is 25.5 Å². The molecule has 1 fully saturated rings. The number of piperidine rings is 1. The number of para-hydroxylation sites is 2. The fourth-order valence-electron chi connectivity index (χ4n) is 2.56. The first-order chi connectivity index (χ1) is 9.61. The molecule has 2 rings (SSSR count). The molecule has 1 aliphatic rings. The minimum atomic E-state index is -0.236. The Balaban J connectivity index is 1.97. The molecule has 0 spiro atoms. The molecule has 1 heterocycles. The Morgan fingerprint density at radius 1 is 1.35 bits per heavy atom. The second-order valence-corrected chi connectivity index (χ2v) is 5.57. The molecule has 1 aromatic carbocycles. The van der Waals surface area contributed by atoms with E-state index in [1.807, 2.05) is 36.1 Å². The number of hydrogen-bond donors (Lipinski definition) is 1. The summed E-state index contributed by atoms with van der Waals surface area (Å²) < 4.78 is 5.30. The van der Waals surface area contributed by atoms with E-state index >= 15 is 0 Å². The van der Waals surface area contributed by atoms with Gasteiger partial charge in [0.25, 0.3) is 0 Å². The molecule has 1 aromatic rings. The van der Waals surface area contributed by atoms with Crippen LogP contribution in [0.3, 0.4) is 0 Å². The van der Waals surface area contributed by atoms with Gasteiger partial charge in [0.1, 0.15) is 11.8 Å². The smallest absolute Gasteiger partial charge is 0.244 e. The topological polar surface area (TPSA) is 41.6 Å². The van der Waals surface area contributed by atoms with E-state index in [0.717, 1.165) is 43.3 Å². The first kappa shape index (κ1) is 14.7. The van der Waals surface area contributed by atoms with Gasteiger partial charge in [0.2, 0.25) is 5.91 Å². The minimum absolute atomic E-state index is 0.169. The third kappa shape index (κ3) is 3.44. The molecule has 0 bridgehead atoms. The second kappa shape index (κ2) is 6.64. The van der Waals surface area contributed by atoms with E-state index in [2.05, 4.69) is 12.2 Å². The summed E-state index contributed by atoms with van der Waals surface area (Å²) >= 11 is 0. The Bertz CT molecular complexity index is 454. The molecule has 1 unspecified atom stereocenters. The van der Waals surface area contributed by atoms with E-state index in [9.17, 15) is 4.79 Å². The zero-order valence-electron chi connectivity index (χ0n) is 12.6. The first-order valence-electron chi connectivity index (χ1n) is 7.30. The summed E-state index contributed by atoms with van der Waals surface area (Å²) in [6.07, 6.45) is 2.21. The van der Waals surface area contributed by atoms with Gasteiger partial charge in [-0.1, -0.05) is 19.1 Å². The van der Waals surface area contributed by atoms with Gasteiger partial charge in [-0.3, -0.25) is 4.79 Å². The van der Waals surface area contributed by atoms with Crippen LogP contribution < -0.4 is 10.1 Å². The highest BCUT2D eigenvalue weighted by Gasteiger charge is 2.24. The molecule has 20 heavy (non-hydrogen) atoms.